The summed E-state index contributed by atoms with van der Waals surface area (Å²) >= 11 is 1.60. The first-order valence-corrected chi connectivity index (χ1v) is 4.99. The highest BCUT2D eigenvalue weighted by atomic mass is 32.1. The second kappa shape index (κ2) is 5.24. The summed E-state index contributed by atoms with van der Waals surface area (Å²) in [7, 11) is 0. The van der Waals surface area contributed by atoms with E-state index in [0.717, 1.165) is 25.2 Å². The van der Waals surface area contributed by atoms with Crippen LogP contribution < -0.4 is 5.32 Å². The molecule has 0 amide bonds. The minimum absolute atomic E-state index is 0.215. The molecule has 4 heteroatoms. The van der Waals surface area contributed by atoms with E-state index in [1.165, 1.54) is 0 Å². The SMILES string of the molecule is CC(O)CCNCc1cscn1. The van der Waals surface area contributed by atoms with Crippen molar-refractivity contribution < 1.29 is 5.11 Å². The zero-order valence-corrected chi connectivity index (χ0v) is 7.97. The van der Waals surface area contributed by atoms with Crippen molar-refractivity contribution in [2.75, 3.05) is 6.54 Å². The molecule has 2 N–H and O–H groups in total. The van der Waals surface area contributed by atoms with Gasteiger partial charge >= 0.3 is 0 Å². The van der Waals surface area contributed by atoms with Crippen molar-refractivity contribution >= 4 is 11.3 Å². The molecule has 0 aliphatic heterocycles. The monoisotopic (exact) mass is 186 g/mol. The van der Waals surface area contributed by atoms with Crippen LogP contribution in [0.1, 0.15) is 19.0 Å². The Hall–Kier alpha value is -0.450. The van der Waals surface area contributed by atoms with Gasteiger partial charge < -0.3 is 10.4 Å². The van der Waals surface area contributed by atoms with Gasteiger partial charge in [0.1, 0.15) is 0 Å². The Kier molecular flexibility index (Phi) is 4.21. The van der Waals surface area contributed by atoms with Crippen LogP contribution in [0.3, 0.4) is 0 Å². The molecule has 0 aliphatic rings. The van der Waals surface area contributed by atoms with E-state index in [2.05, 4.69) is 10.3 Å². The lowest BCUT2D eigenvalue weighted by molar-refractivity contribution is 0.183. The van der Waals surface area contributed by atoms with Gasteiger partial charge in [-0.2, -0.15) is 0 Å². The van der Waals surface area contributed by atoms with Crippen LogP contribution in [-0.2, 0) is 6.54 Å². The van der Waals surface area contributed by atoms with Gasteiger partial charge in [-0.05, 0) is 19.9 Å². The second-order valence-corrected chi connectivity index (χ2v) is 3.51. The molecule has 0 spiro atoms. The molecule has 1 atom stereocenters. The van der Waals surface area contributed by atoms with Gasteiger partial charge in [0.2, 0.25) is 0 Å². The number of aromatic nitrogens is 1. The third-order valence-corrected chi connectivity index (χ3v) is 2.16. The van der Waals surface area contributed by atoms with E-state index in [-0.39, 0.29) is 6.10 Å². The van der Waals surface area contributed by atoms with Crippen LogP contribution in [0.4, 0.5) is 0 Å². The van der Waals surface area contributed by atoms with Crippen LogP contribution in [0.2, 0.25) is 0 Å². The highest BCUT2D eigenvalue weighted by Crippen LogP contribution is 1.99. The van der Waals surface area contributed by atoms with E-state index in [1.54, 1.807) is 18.3 Å². The molecule has 1 aromatic heterocycles. The topological polar surface area (TPSA) is 45.1 Å². The Labute approximate surface area is 76.5 Å². The van der Waals surface area contributed by atoms with Crippen molar-refractivity contribution in [3.8, 4) is 0 Å². The molecular formula is C8H14N2OS. The van der Waals surface area contributed by atoms with Crippen LogP contribution in [0.5, 0.6) is 0 Å². The van der Waals surface area contributed by atoms with Crippen LogP contribution >= 0.6 is 11.3 Å². The zero-order chi connectivity index (χ0) is 8.81. The van der Waals surface area contributed by atoms with Crippen LogP contribution in [0, 0.1) is 0 Å². The summed E-state index contributed by atoms with van der Waals surface area (Å²) in [5, 5.41) is 14.2. The molecule has 0 aromatic carbocycles. The molecule has 1 unspecified atom stereocenters. The van der Waals surface area contributed by atoms with E-state index < -0.39 is 0 Å². The number of hydrogen-bond donors (Lipinski definition) is 2. The highest BCUT2D eigenvalue weighted by molar-refractivity contribution is 7.07. The summed E-state index contributed by atoms with van der Waals surface area (Å²) in [6.45, 7) is 3.44. The third kappa shape index (κ3) is 3.80. The minimum Gasteiger partial charge on any atom is -0.393 e. The molecule has 0 radical (unpaired) electrons. The van der Waals surface area contributed by atoms with Crippen molar-refractivity contribution in [1.82, 2.24) is 10.3 Å². The van der Waals surface area contributed by atoms with Crippen molar-refractivity contribution in [2.45, 2.75) is 26.0 Å². The standard InChI is InChI=1S/C8H14N2OS/c1-7(11)2-3-9-4-8-5-12-6-10-8/h5-7,9,11H,2-4H2,1H3. The van der Waals surface area contributed by atoms with Crippen LogP contribution in [-0.4, -0.2) is 22.7 Å². The molecule has 3 nitrogen and oxygen atoms in total. The van der Waals surface area contributed by atoms with Gasteiger partial charge in [0.25, 0.3) is 0 Å². The quantitative estimate of drug-likeness (QED) is 0.674. The Morgan fingerprint density at radius 2 is 2.58 bits per heavy atom. The molecule has 0 saturated carbocycles. The smallest absolute Gasteiger partial charge is 0.0795 e. The Morgan fingerprint density at radius 3 is 3.17 bits per heavy atom. The molecule has 1 aromatic rings. The maximum absolute atomic E-state index is 8.96. The second-order valence-electron chi connectivity index (χ2n) is 2.79. The van der Waals surface area contributed by atoms with Crippen LogP contribution in [0.15, 0.2) is 10.9 Å². The number of aliphatic hydroxyl groups is 1. The van der Waals surface area contributed by atoms with Crippen molar-refractivity contribution in [3.63, 3.8) is 0 Å². The average molecular weight is 186 g/mol. The summed E-state index contributed by atoms with van der Waals surface area (Å²) in [5.41, 5.74) is 2.90. The highest BCUT2D eigenvalue weighted by Gasteiger charge is 1.96. The van der Waals surface area contributed by atoms with Crippen molar-refractivity contribution in [3.05, 3.63) is 16.6 Å². The third-order valence-electron chi connectivity index (χ3n) is 1.53. The average Bonchev–Trinajstić information content (AvgIpc) is 2.49. The van der Waals surface area contributed by atoms with E-state index in [9.17, 15) is 0 Å². The zero-order valence-electron chi connectivity index (χ0n) is 7.16. The first kappa shape index (κ1) is 9.64. The summed E-state index contributed by atoms with van der Waals surface area (Å²) in [4.78, 5) is 4.13. The molecule has 68 valence electrons. The van der Waals surface area contributed by atoms with Gasteiger partial charge in [0, 0.05) is 11.9 Å². The molecule has 0 aliphatic carbocycles. The summed E-state index contributed by atoms with van der Waals surface area (Å²) in [6.07, 6.45) is 0.581. The largest absolute Gasteiger partial charge is 0.393 e. The lowest BCUT2D eigenvalue weighted by Gasteiger charge is -2.04. The van der Waals surface area contributed by atoms with Gasteiger partial charge in [-0.25, -0.2) is 4.98 Å². The summed E-state index contributed by atoms with van der Waals surface area (Å²) in [6, 6.07) is 0. The fourth-order valence-electron chi connectivity index (χ4n) is 0.852. The van der Waals surface area contributed by atoms with Gasteiger partial charge in [-0.1, -0.05) is 0 Å². The predicted octanol–water partition coefficient (Wildman–Crippen LogP) is 1.00. The fraction of sp³-hybridized carbons (Fsp3) is 0.625. The molecule has 1 heterocycles. The van der Waals surface area contributed by atoms with Crippen LogP contribution in [0.25, 0.3) is 0 Å². The fourth-order valence-corrected chi connectivity index (χ4v) is 1.41. The molecular weight excluding hydrogens is 172 g/mol. The van der Waals surface area contributed by atoms with Gasteiger partial charge in [0.15, 0.2) is 0 Å². The van der Waals surface area contributed by atoms with E-state index in [0.29, 0.717) is 0 Å². The number of rotatable bonds is 5. The maximum atomic E-state index is 8.96. The van der Waals surface area contributed by atoms with E-state index >= 15 is 0 Å². The van der Waals surface area contributed by atoms with E-state index in [1.807, 2.05) is 10.9 Å². The first-order chi connectivity index (χ1) is 5.79. The number of nitrogens with one attached hydrogen (secondary N) is 1. The number of nitrogens with zero attached hydrogens (tertiary/aromatic N) is 1. The lowest BCUT2D eigenvalue weighted by atomic mass is 10.3. The van der Waals surface area contributed by atoms with Crippen molar-refractivity contribution in [1.29, 1.82) is 0 Å². The first-order valence-electron chi connectivity index (χ1n) is 4.05. The lowest BCUT2D eigenvalue weighted by Crippen LogP contribution is -2.18. The Bertz CT molecular complexity index is 199. The minimum atomic E-state index is -0.215. The molecule has 0 saturated heterocycles. The number of thiazole rings is 1. The molecule has 0 fully saturated rings. The molecule has 12 heavy (non-hydrogen) atoms. The number of aliphatic hydroxyl groups excluding tert-OH is 1. The Balaban J connectivity index is 2.04. The van der Waals surface area contributed by atoms with Gasteiger partial charge in [-0.15, -0.1) is 11.3 Å². The van der Waals surface area contributed by atoms with Crippen molar-refractivity contribution in [2.24, 2.45) is 0 Å². The molecule has 1 rings (SSSR count). The van der Waals surface area contributed by atoms with E-state index in [4.69, 9.17) is 5.11 Å². The maximum Gasteiger partial charge on any atom is 0.0795 e. The summed E-state index contributed by atoms with van der Waals surface area (Å²) in [5.74, 6) is 0. The predicted molar refractivity (Wildman–Crippen MR) is 50.1 cm³/mol. The van der Waals surface area contributed by atoms with Gasteiger partial charge in [-0.3, -0.25) is 0 Å². The summed E-state index contributed by atoms with van der Waals surface area (Å²) < 4.78 is 0. The molecule has 0 bridgehead atoms. The normalized spacial score (nSPS) is 13.2. The number of hydrogen-bond acceptors (Lipinski definition) is 4. The Morgan fingerprint density at radius 1 is 1.75 bits per heavy atom. The van der Waals surface area contributed by atoms with Gasteiger partial charge in [0.05, 0.1) is 17.3 Å².